The molecule has 0 radical (unpaired) electrons. The summed E-state index contributed by atoms with van der Waals surface area (Å²) in [5, 5.41) is 11.2. The Balaban J connectivity index is 1.37. The quantitative estimate of drug-likeness (QED) is 0.462. The lowest BCUT2D eigenvalue weighted by Crippen LogP contribution is -2.52. The van der Waals surface area contributed by atoms with Crippen LogP contribution in [0.5, 0.6) is 11.5 Å². The lowest BCUT2D eigenvalue weighted by atomic mass is 9.78. The van der Waals surface area contributed by atoms with Gasteiger partial charge in [0.05, 0.1) is 12.7 Å². The maximum atomic E-state index is 13.3. The number of rotatable bonds is 4. The average Bonchev–Trinajstić information content (AvgIpc) is 2.98. The predicted octanol–water partition coefficient (Wildman–Crippen LogP) is 3.66. The van der Waals surface area contributed by atoms with Crippen LogP contribution in [0, 0.1) is 5.41 Å². The van der Waals surface area contributed by atoms with Crippen molar-refractivity contribution in [2.45, 2.75) is 23.8 Å². The molecule has 2 aliphatic rings. The molecule has 3 aromatic carbocycles. The molecule has 2 N–H and O–H groups in total. The summed E-state index contributed by atoms with van der Waals surface area (Å²) in [5.41, 5.74) is 1.30. The highest BCUT2D eigenvalue weighted by molar-refractivity contribution is 7.89. The predicted molar refractivity (Wildman–Crippen MR) is 161 cm³/mol. The number of para-hydroxylation sites is 1. The van der Waals surface area contributed by atoms with Crippen LogP contribution < -0.4 is 14.2 Å². The molecule has 11 heteroatoms. The second kappa shape index (κ2) is 13.0. The Morgan fingerprint density at radius 3 is 2.48 bits per heavy atom. The van der Waals surface area contributed by atoms with Gasteiger partial charge in [-0.3, -0.25) is 4.79 Å². The van der Waals surface area contributed by atoms with E-state index in [-0.39, 0.29) is 41.7 Å². The summed E-state index contributed by atoms with van der Waals surface area (Å²) in [7, 11) is -2.05. The number of piperidine rings is 1. The summed E-state index contributed by atoms with van der Waals surface area (Å²) in [5.74, 6) is 0.803. The SMILES string of the molecule is CN1CC(O)CNS(=O)(=O)c2ccc(-c3ccc(Cl)cc3)cc2OCC2(CCN(C(=O)COc3ccccc3)CC2)C1. The van der Waals surface area contributed by atoms with Gasteiger partial charge in [-0.05, 0) is 67.4 Å². The van der Waals surface area contributed by atoms with Gasteiger partial charge in [0.15, 0.2) is 6.61 Å². The van der Waals surface area contributed by atoms with Gasteiger partial charge in [-0.15, -0.1) is 0 Å². The largest absolute Gasteiger partial charge is 0.492 e. The molecule has 3 aromatic rings. The van der Waals surface area contributed by atoms with E-state index in [0.29, 0.717) is 49.8 Å². The van der Waals surface area contributed by atoms with Gasteiger partial charge in [-0.25, -0.2) is 13.1 Å². The number of β-amino-alcohol motifs (C(OH)–C–C–N with tert-alkyl or cyclic N) is 1. The molecular formula is C31H36ClN3O6S. The van der Waals surface area contributed by atoms with Crippen LogP contribution in [-0.4, -0.2) is 88.3 Å². The van der Waals surface area contributed by atoms with E-state index in [0.717, 1.165) is 11.1 Å². The standard InChI is InChI=1S/C31H36ClN3O6S/c1-34-19-26(36)18-33-42(38,39)29-12-9-24(23-7-10-25(32)11-8-23)17-28(29)41-22-31(21-34)13-15-35(16-14-31)30(37)20-40-27-5-3-2-4-6-27/h2-12,17,26,33,36H,13-16,18-22H2,1H3. The highest BCUT2D eigenvalue weighted by Gasteiger charge is 2.39. The summed E-state index contributed by atoms with van der Waals surface area (Å²) in [6.07, 6.45) is 0.416. The summed E-state index contributed by atoms with van der Waals surface area (Å²) in [6, 6.07) is 21.5. The Morgan fingerprint density at radius 2 is 1.76 bits per heavy atom. The highest BCUT2D eigenvalue weighted by Crippen LogP contribution is 2.37. The fourth-order valence-corrected chi connectivity index (χ4v) is 6.90. The maximum absolute atomic E-state index is 13.3. The molecule has 224 valence electrons. The monoisotopic (exact) mass is 613 g/mol. The van der Waals surface area contributed by atoms with E-state index in [9.17, 15) is 18.3 Å². The zero-order chi connectivity index (χ0) is 29.7. The summed E-state index contributed by atoms with van der Waals surface area (Å²) in [4.78, 5) is 16.8. The molecule has 0 saturated carbocycles. The summed E-state index contributed by atoms with van der Waals surface area (Å²) >= 11 is 6.07. The van der Waals surface area contributed by atoms with Gasteiger partial charge < -0.3 is 24.4 Å². The van der Waals surface area contributed by atoms with E-state index in [1.165, 1.54) is 6.07 Å². The number of nitrogens with one attached hydrogen (secondary N) is 1. The fourth-order valence-electron chi connectivity index (χ4n) is 5.57. The number of nitrogens with zero attached hydrogens (tertiary/aromatic N) is 2. The minimum Gasteiger partial charge on any atom is -0.492 e. The molecule has 1 atom stereocenters. The first-order valence-electron chi connectivity index (χ1n) is 14.0. The van der Waals surface area contributed by atoms with Gasteiger partial charge in [-0.2, -0.15) is 0 Å². The van der Waals surface area contributed by atoms with Crippen molar-refractivity contribution in [1.82, 2.24) is 14.5 Å². The Kier molecular flexibility index (Phi) is 9.39. The van der Waals surface area contributed by atoms with Crippen LogP contribution in [0.15, 0.2) is 77.7 Å². The smallest absolute Gasteiger partial charge is 0.260 e. The molecule has 1 saturated heterocycles. The Morgan fingerprint density at radius 1 is 1.07 bits per heavy atom. The van der Waals surface area contributed by atoms with Gasteiger partial charge >= 0.3 is 0 Å². The Bertz CT molecular complexity index is 1480. The molecule has 2 aliphatic heterocycles. The van der Waals surface area contributed by atoms with Gasteiger partial charge in [0.1, 0.15) is 16.4 Å². The molecule has 9 nitrogen and oxygen atoms in total. The third-order valence-electron chi connectivity index (χ3n) is 7.86. The molecule has 0 aliphatic carbocycles. The van der Waals surface area contributed by atoms with Crippen LogP contribution in [-0.2, 0) is 14.8 Å². The number of amides is 1. The maximum Gasteiger partial charge on any atom is 0.260 e. The third-order valence-corrected chi connectivity index (χ3v) is 9.58. The molecule has 1 amide bonds. The first-order valence-corrected chi connectivity index (χ1v) is 15.8. The van der Waals surface area contributed by atoms with Crippen molar-refractivity contribution < 1.29 is 27.8 Å². The van der Waals surface area contributed by atoms with E-state index in [2.05, 4.69) is 4.72 Å². The number of fused-ring (bicyclic) bond motifs is 1. The van der Waals surface area contributed by atoms with Crippen molar-refractivity contribution in [3.8, 4) is 22.6 Å². The van der Waals surface area contributed by atoms with Crippen molar-refractivity contribution in [2.75, 3.05) is 53.0 Å². The zero-order valence-corrected chi connectivity index (χ0v) is 25.1. The molecule has 0 bridgehead atoms. The molecule has 2 heterocycles. The van der Waals surface area contributed by atoms with Crippen LogP contribution in [0.4, 0.5) is 0 Å². The van der Waals surface area contributed by atoms with Crippen molar-refractivity contribution in [2.24, 2.45) is 5.41 Å². The number of benzene rings is 3. The Labute approximate surface area is 252 Å². The molecule has 1 spiro atoms. The number of hydrogen-bond donors (Lipinski definition) is 2. The van der Waals surface area contributed by atoms with Gasteiger partial charge in [0.25, 0.3) is 5.91 Å². The van der Waals surface area contributed by atoms with Crippen LogP contribution in [0.2, 0.25) is 5.02 Å². The molecular weight excluding hydrogens is 578 g/mol. The third kappa shape index (κ3) is 7.43. The zero-order valence-electron chi connectivity index (χ0n) is 23.5. The van der Waals surface area contributed by atoms with E-state index in [1.807, 2.05) is 54.4 Å². The van der Waals surface area contributed by atoms with Crippen molar-refractivity contribution in [3.63, 3.8) is 0 Å². The second-order valence-corrected chi connectivity index (χ2v) is 13.3. The first kappa shape index (κ1) is 30.3. The van der Waals surface area contributed by atoms with Crippen molar-refractivity contribution >= 4 is 27.5 Å². The number of likely N-dealkylation sites (tertiary alicyclic amines) is 1. The topological polar surface area (TPSA) is 108 Å². The number of hydrogen-bond acceptors (Lipinski definition) is 7. The number of sulfonamides is 1. The van der Waals surface area contributed by atoms with E-state index in [4.69, 9.17) is 21.1 Å². The molecule has 0 aromatic heterocycles. The fraction of sp³-hybridized carbons (Fsp3) is 0.387. The first-order chi connectivity index (χ1) is 20.1. The van der Waals surface area contributed by atoms with E-state index in [1.54, 1.807) is 29.2 Å². The summed E-state index contributed by atoms with van der Waals surface area (Å²) < 4.78 is 41.2. The van der Waals surface area contributed by atoms with E-state index < -0.39 is 16.1 Å². The van der Waals surface area contributed by atoms with E-state index >= 15 is 0 Å². The van der Waals surface area contributed by atoms with Gasteiger partial charge in [0, 0.05) is 43.2 Å². The minimum absolute atomic E-state index is 0.0159. The number of aliphatic hydroxyl groups is 1. The molecule has 1 unspecified atom stereocenters. The molecule has 42 heavy (non-hydrogen) atoms. The molecule has 5 rings (SSSR count). The number of carbonyl (C=O) groups excluding carboxylic acids is 1. The summed E-state index contributed by atoms with van der Waals surface area (Å²) in [6.45, 7) is 2.05. The number of halogens is 1. The van der Waals surface area contributed by atoms with Gasteiger partial charge in [0.2, 0.25) is 10.0 Å². The van der Waals surface area contributed by atoms with Crippen LogP contribution >= 0.6 is 11.6 Å². The van der Waals surface area contributed by atoms with Crippen molar-refractivity contribution in [1.29, 1.82) is 0 Å². The van der Waals surface area contributed by atoms with Crippen LogP contribution in [0.1, 0.15) is 12.8 Å². The highest BCUT2D eigenvalue weighted by atomic mass is 35.5. The average molecular weight is 614 g/mol. The number of aliphatic hydroxyl groups excluding tert-OH is 1. The second-order valence-electron chi connectivity index (χ2n) is 11.1. The van der Waals surface area contributed by atoms with Crippen LogP contribution in [0.25, 0.3) is 11.1 Å². The number of carbonyl (C=O) groups is 1. The lowest BCUT2D eigenvalue weighted by molar-refractivity contribution is -0.136. The normalized spacial score (nSPS) is 20.9. The number of likely N-dealkylation sites (N-methyl/N-ethyl adjacent to an activating group) is 1. The molecule has 1 fully saturated rings. The lowest BCUT2D eigenvalue weighted by Gasteiger charge is -2.44. The number of ether oxygens (including phenoxy) is 2. The van der Waals surface area contributed by atoms with Gasteiger partial charge in [-0.1, -0.05) is 48.0 Å². The Hall–Kier alpha value is -3.15. The van der Waals surface area contributed by atoms with Crippen LogP contribution in [0.3, 0.4) is 0 Å². The minimum atomic E-state index is -3.96. The van der Waals surface area contributed by atoms with Crippen molar-refractivity contribution in [3.05, 3.63) is 77.8 Å².